The van der Waals surface area contributed by atoms with Gasteiger partial charge in [0, 0.05) is 56.3 Å². The van der Waals surface area contributed by atoms with Crippen LogP contribution in [0.1, 0.15) is 35.1 Å². The summed E-state index contributed by atoms with van der Waals surface area (Å²) in [6, 6.07) is 14.8. The van der Waals surface area contributed by atoms with E-state index in [4.69, 9.17) is 9.47 Å². The highest BCUT2D eigenvalue weighted by atomic mass is 16.5. The van der Waals surface area contributed by atoms with Crippen LogP contribution in [0.15, 0.2) is 42.5 Å². The monoisotopic (exact) mass is 422 g/mol. The molecule has 6 heteroatoms. The van der Waals surface area contributed by atoms with Crippen molar-refractivity contribution in [3.8, 4) is 0 Å². The smallest absolute Gasteiger partial charge is 0.260 e. The van der Waals surface area contributed by atoms with E-state index in [9.17, 15) is 4.79 Å². The summed E-state index contributed by atoms with van der Waals surface area (Å²) in [5.74, 6) is 0.607. The van der Waals surface area contributed by atoms with E-state index in [1.165, 1.54) is 18.4 Å². The Labute approximate surface area is 183 Å². The van der Waals surface area contributed by atoms with Gasteiger partial charge in [-0.1, -0.05) is 36.4 Å². The molecule has 1 atom stereocenters. The van der Waals surface area contributed by atoms with Gasteiger partial charge in [-0.3, -0.25) is 9.69 Å². The number of amides is 1. The van der Waals surface area contributed by atoms with Gasteiger partial charge in [-0.25, -0.2) is 0 Å². The molecule has 1 fully saturated rings. The normalized spacial score (nSPS) is 21.8. The number of para-hydroxylation sites is 1. The second kappa shape index (κ2) is 9.64. The van der Waals surface area contributed by atoms with Crippen LogP contribution in [-0.4, -0.2) is 51.3 Å². The molecule has 0 radical (unpaired) electrons. The minimum atomic E-state index is -0.0902. The van der Waals surface area contributed by atoms with Gasteiger partial charge in [0.1, 0.15) is 12.4 Å². The van der Waals surface area contributed by atoms with E-state index in [2.05, 4.69) is 33.2 Å². The zero-order chi connectivity index (χ0) is 21.8. The Bertz CT molecular complexity index is 985. The predicted molar refractivity (Wildman–Crippen MR) is 121 cm³/mol. The number of benzene rings is 2. The number of hydrogen-bond acceptors (Lipinski definition) is 5. The fourth-order valence-corrected chi connectivity index (χ4v) is 4.58. The lowest BCUT2D eigenvalue weighted by molar-refractivity contribution is -0.110. The molecule has 2 aromatic rings. The molecule has 3 aliphatic rings. The molecule has 3 aliphatic heterocycles. The number of ether oxygens (including phenoxy) is 3. The molecule has 1 unspecified atom stereocenters. The quantitative estimate of drug-likeness (QED) is 0.757. The maximum Gasteiger partial charge on any atom is 0.260 e. The Hall–Kier alpha value is -2.67. The third kappa shape index (κ3) is 4.37. The Morgan fingerprint density at radius 2 is 1.94 bits per heavy atom. The highest BCUT2D eigenvalue weighted by Crippen LogP contribution is 2.41. The lowest BCUT2D eigenvalue weighted by Gasteiger charge is -2.24. The van der Waals surface area contributed by atoms with E-state index < -0.39 is 0 Å². The van der Waals surface area contributed by atoms with Crippen LogP contribution in [0, 0.1) is 0 Å². The molecule has 5 rings (SSSR count). The van der Waals surface area contributed by atoms with Gasteiger partial charge in [0.25, 0.3) is 5.91 Å². The van der Waals surface area contributed by atoms with Crippen molar-refractivity contribution in [1.29, 1.82) is 0 Å². The summed E-state index contributed by atoms with van der Waals surface area (Å²) in [5, 5.41) is 2.94. The summed E-state index contributed by atoms with van der Waals surface area (Å²) >= 11 is 0. The Morgan fingerprint density at radius 1 is 1.13 bits per heavy atom. The number of nitrogens with one attached hydrogen (secondary N) is 1. The maximum atomic E-state index is 12.6. The molecule has 1 amide bonds. The number of methoxy groups -OCH3 is 2. The average molecular weight is 423 g/mol. The lowest BCUT2D eigenvalue weighted by atomic mass is 9.99. The number of fused-ring (bicyclic) bond motifs is 2. The number of nitrogens with zero attached hydrogens (tertiary/aromatic N) is 1. The van der Waals surface area contributed by atoms with E-state index in [1.54, 1.807) is 21.3 Å². The summed E-state index contributed by atoms with van der Waals surface area (Å²) < 4.78 is 15.6. The first kappa shape index (κ1) is 21.6. The molecule has 1 N–H and O–H groups in total. The number of rotatable bonds is 4. The van der Waals surface area contributed by atoms with Crippen molar-refractivity contribution in [2.45, 2.75) is 32.0 Å². The average Bonchev–Trinajstić information content (AvgIpc) is 3.45. The number of anilines is 1. The Morgan fingerprint density at radius 3 is 2.74 bits per heavy atom. The first-order valence-electron chi connectivity index (χ1n) is 10.7. The second-order valence-corrected chi connectivity index (χ2v) is 8.11. The van der Waals surface area contributed by atoms with Gasteiger partial charge < -0.3 is 19.5 Å². The van der Waals surface area contributed by atoms with Crippen molar-refractivity contribution >= 4 is 22.9 Å². The molecule has 0 aliphatic carbocycles. The van der Waals surface area contributed by atoms with E-state index in [-0.39, 0.29) is 5.91 Å². The molecule has 164 valence electrons. The van der Waals surface area contributed by atoms with Gasteiger partial charge in [0.15, 0.2) is 0 Å². The number of likely N-dealkylation sites (tertiary alicyclic amines) is 1. The molecule has 0 spiro atoms. The third-order valence-corrected chi connectivity index (χ3v) is 5.93. The predicted octanol–water partition coefficient (Wildman–Crippen LogP) is 3.91. The van der Waals surface area contributed by atoms with Crippen LogP contribution >= 0.6 is 0 Å². The molecule has 0 bridgehead atoms. The fourth-order valence-electron chi connectivity index (χ4n) is 4.58. The van der Waals surface area contributed by atoms with Gasteiger partial charge in [-0.05, 0) is 31.0 Å². The topological polar surface area (TPSA) is 60.0 Å². The lowest BCUT2D eigenvalue weighted by Crippen LogP contribution is -2.32. The largest absolute Gasteiger partial charge is 0.487 e. The molecular weight excluding hydrogens is 392 g/mol. The summed E-state index contributed by atoms with van der Waals surface area (Å²) in [6.45, 7) is 3.35. The second-order valence-electron chi connectivity index (χ2n) is 8.11. The van der Waals surface area contributed by atoms with Crippen LogP contribution in [0.2, 0.25) is 0 Å². The van der Waals surface area contributed by atoms with Crippen LogP contribution < -0.4 is 5.32 Å². The summed E-state index contributed by atoms with van der Waals surface area (Å²) in [5.41, 5.74) is 5.87. The zero-order valence-electron chi connectivity index (χ0n) is 18.4. The number of carbonyl (C=O) groups excluding carboxylic acids is 1. The summed E-state index contributed by atoms with van der Waals surface area (Å²) in [6.07, 6.45) is 2.43. The first-order valence-corrected chi connectivity index (χ1v) is 10.7. The Kier molecular flexibility index (Phi) is 6.70. The van der Waals surface area contributed by atoms with Crippen molar-refractivity contribution in [1.82, 2.24) is 4.90 Å². The standard InChI is InChI=1S/C23H24N2O3.C2H6O/c1-27-14-17-5-4-10-25(17)12-15-8-9-18-16(11-15)13-28-22(18)21-19-6-2-3-7-20(19)24-23(21)26;1-3-2/h2-3,6-9,11,17H,4-5,10,12-14H2,1H3,(H,24,26);1-2H3/b22-21+;. The van der Waals surface area contributed by atoms with Crippen LogP contribution in [-0.2, 0) is 32.2 Å². The van der Waals surface area contributed by atoms with Crippen molar-refractivity contribution < 1.29 is 19.0 Å². The van der Waals surface area contributed by atoms with E-state index in [0.29, 0.717) is 24.0 Å². The van der Waals surface area contributed by atoms with Crippen LogP contribution in [0.4, 0.5) is 5.69 Å². The highest BCUT2D eigenvalue weighted by molar-refractivity contribution is 6.36. The van der Waals surface area contributed by atoms with Crippen LogP contribution in [0.3, 0.4) is 0 Å². The van der Waals surface area contributed by atoms with Gasteiger partial charge in [0.05, 0.1) is 12.2 Å². The molecule has 1 saturated heterocycles. The van der Waals surface area contributed by atoms with Crippen molar-refractivity contribution in [2.24, 2.45) is 0 Å². The van der Waals surface area contributed by atoms with E-state index in [0.717, 1.165) is 42.1 Å². The van der Waals surface area contributed by atoms with Crippen molar-refractivity contribution in [2.75, 3.05) is 39.8 Å². The van der Waals surface area contributed by atoms with Crippen molar-refractivity contribution in [3.63, 3.8) is 0 Å². The molecule has 31 heavy (non-hydrogen) atoms. The maximum absolute atomic E-state index is 12.6. The molecule has 2 aromatic carbocycles. The SMILES string of the molecule is COC.COCC1CCCN1Cc1ccc2c(c1)CO/C2=C1/C(=O)Nc2ccccc21. The Balaban J connectivity index is 0.000000730. The third-order valence-electron chi connectivity index (χ3n) is 5.93. The summed E-state index contributed by atoms with van der Waals surface area (Å²) in [7, 11) is 5.02. The molecule has 3 heterocycles. The molecular formula is C25H30N2O4. The summed E-state index contributed by atoms with van der Waals surface area (Å²) in [4.78, 5) is 15.1. The fraction of sp³-hybridized carbons (Fsp3) is 0.400. The molecule has 6 nitrogen and oxygen atoms in total. The van der Waals surface area contributed by atoms with Crippen molar-refractivity contribution in [3.05, 3.63) is 64.7 Å². The van der Waals surface area contributed by atoms with Crippen LogP contribution in [0.5, 0.6) is 0 Å². The number of hydrogen-bond donors (Lipinski definition) is 1. The zero-order valence-corrected chi connectivity index (χ0v) is 18.4. The van der Waals surface area contributed by atoms with Gasteiger partial charge >= 0.3 is 0 Å². The minimum Gasteiger partial charge on any atom is -0.487 e. The van der Waals surface area contributed by atoms with Gasteiger partial charge in [-0.2, -0.15) is 0 Å². The first-order chi connectivity index (χ1) is 15.2. The number of carbonyl (C=O) groups is 1. The van der Waals surface area contributed by atoms with E-state index >= 15 is 0 Å². The van der Waals surface area contributed by atoms with Gasteiger partial charge in [-0.15, -0.1) is 0 Å². The van der Waals surface area contributed by atoms with Gasteiger partial charge in [0.2, 0.25) is 0 Å². The molecule has 0 aromatic heterocycles. The minimum absolute atomic E-state index is 0.0902. The molecule has 0 saturated carbocycles. The van der Waals surface area contributed by atoms with Crippen LogP contribution in [0.25, 0.3) is 11.3 Å². The van der Waals surface area contributed by atoms with E-state index in [1.807, 2.05) is 24.3 Å². The highest BCUT2D eigenvalue weighted by Gasteiger charge is 2.32.